The maximum absolute atomic E-state index is 12.3. The van der Waals surface area contributed by atoms with E-state index in [4.69, 9.17) is 4.74 Å². The number of rotatable bonds is 5. The molecule has 7 nitrogen and oxygen atoms in total. The molecular weight excluding hydrogens is 264 g/mol. The first-order chi connectivity index (χ1) is 9.47. The number of carbonyl (C=O) groups is 2. The van der Waals surface area contributed by atoms with Gasteiger partial charge in [-0.2, -0.15) is 0 Å². The van der Waals surface area contributed by atoms with E-state index >= 15 is 0 Å². The fourth-order valence-corrected chi connectivity index (χ4v) is 2.26. The number of nitrogens with zero attached hydrogens (tertiary/aromatic N) is 2. The maximum Gasteiger partial charge on any atom is 0.262 e. The zero-order chi connectivity index (χ0) is 14.9. The second kappa shape index (κ2) is 5.38. The Bertz CT molecular complexity index is 537. The molecule has 0 N–H and O–H groups in total. The summed E-state index contributed by atoms with van der Waals surface area (Å²) in [4.78, 5) is 35.7. The summed E-state index contributed by atoms with van der Waals surface area (Å²) >= 11 is 0. The monoisotopic (exact) mass is 278 g/mol. The van der Waals surface area contributed by atoms with Crippen molar-refractivity contribution in [2.75, 3.05) is 13.7 Å². The molecule has 1 aromatic carbocycles. The molecule has 0 radical (unpaired) electrons. The number of imide groups is 1. The molecule has 0 unspecified atom stereocenters. The topological polar surface area (TPSA) is 89.8 Å². The van der Waals surface area contributed by atoms with Crippen LogP contribution in [0.2, 0.25) is 0 Å². The van der Waals surface area contributed by atoms with Crippen LogP contribution in [0.25, 0.3) is 0 Å². The van der Waals surface area contributed by atoms with Crippen LogP contribution < -0.4 is 0 Å². The van der Waals surface area contributed by atoms with Gasteiger partial charge in [-0.25, -0.2) is 0 Å². The predicted octanol–water partition coefficient (Wildman–Crippen LogP) is 0.963. The highest BCUT2D eigenvalue weighted by Gasteiger charge is 2.43. The number of hydrogen-bond acceptors (Lipinski definition) is 5. The van der Waals surface area contributed by atoms with Gasteiger partial charge in [0.05, 0.1) is 17.2 Å². The molecule has 2 amide bonds. The van der Waals surface area contributed by atoms with Crippen molar-refractivity contribution in [3.63, 3.8) is 0 Å². The Labute approximate surface area is 115 Å². The molecule has 2 atom stereocenters. The molecule has 1 aliphatic rings. The molecule has 0 saturated heterocycles. The molecule has 0 fully saturated rings. The SMILES string of the molecule is CO[C@@H](C)[C@@H](C[N+](=O)[O-])N1C(=O)c2ccccc2C1=O. The van der Waals surface area contributed by atoms with Crippen LogP contribution in [0.1, 0.15) is 27.6 Å². The highest BCUT2D eigenvalue weighted by Crippen LogP contribution is 2.26. The highest BCUT2D eigenvalue weighted by atomic mass is 16.6. The number of fused-ring (bicyclic) bond motifs is 1. The van der Waals surface area contributed by atoms with Crippen molar-refractivity contribution < 1.29 is 19.2 Å². The Morgan fingerprint density at radius 2 is 1.75 bits per heavy atom. The number of methoxy groups -OCH3 is 1. The van der Waals surface area contributed by atoms with Crippen LogP contribution in [0.3, 0.4) is 0 Å². The number of nitro groups is 1. The summed E-state index contributed by atoms with van der Waals surface area (Å²) in [5, 5.41) is 10.8. The molecule has 1 aliphatic heterocycles. The van der Waals surface area contributed by atoms with Crippen LogP contribution >= 0.6 is 0 Å². The number of ether oxygens (including phenoxy) is 1. The minimum absolute atomic E-state index is 0.272. The molecule has 20 heavy (non-hydrogen) atoms. The van der Waals surface area contributed by atoms with E-state index in [2.05, 4.69) is 0 Å². The Morgan fingerprint density at radius 1 is 1.25 bits per heavy atom. The lowest BCUT2D eigenvalue weighted by atomic mass is 10.1. The summed E-state index contributed by atoms with van der Waals surface area (Å²) < 4.78 is 5.07. The number of hydrogen-bond donors (Lipinski definition) is 0. The smallest absolute Gasteiger partial charge is 0.262 e. The summed E-state index contributed by atoms with van der Waals surface area (Å²) in [6, 6.07) is 5.44. The Hall–Kier alpha value is -2.28. The lowest BCUT2D eigenvalue weighted by molar-refractivity contribution is -0.487. The second-order valence-electron chi connectivity index (χ2n) is 4.55. The van der Waals surface area contributed by atoms with E-state index in [0.29, 0.717) is 0 Å². The normalized spacial score (nSPS) is 17.0. The molecule has 0 aromatic heterocycles. The minimum Gasteiger partial charge on any atom is -0.379 e. The predicted molar refractivity (Wildman–Crippen MR) is 69.1 cm³/mol. The van der Waals surface area contributed by atoms with E-state index in [1.165, 1.54) is 19.2 Å². The summed E-state index contributed by atoms with van der Waals surface area (Å²) in [5.41, 5.74) is 0.545. The van der Waals surface area contributed by atoms with Gasteiger partial charge in [0.1, 0.15) is 6.04 Å². The van der Waals surface area contributed by atoms with Gasteiger partial charge in [-0.3, -0.25) is 24.6 Å². The number of amides is 2. The fourth-order valence-electron chi connectivity index (χ4n) is 2.26. The zero-order valence-electron chi connectivity index (χ0n) is 11.1. The van der Waals surface area contributed by atoms with Crippen molar-refractivity contribution in [3.05, 3.63) is 45.5 Å². The van der Waals surface area contributed by atoms with Crippen molar-refractivity contribution in [2.24, 2.45) is 0 Å². The Morgan fingerprint density at radius 3 is 2.15 bits per heavy atom. The fraction of sp³-hybridized carbons (Fsp3) is 0.385. The third kappa shape index (κ3) is 2.27. The molecule has 7 heteroatoms. The summed E-state index contributed by atoms with van der Waals surface area (Å²) in [6.07, 6.45) is -0.623. The molecule has 0 bridgehead atoms. The van der Waals surface area contributed by atoms with Crippen LogP contribution in [0.15, 0.2) is 24.3 Å². The van der Waals surface area contributed by atoms with Gasteiger partial charge in [0.15, 0.2) is 0 Å². The summed E-state index contributed by atoms with van der Waals surface area (Å²) in [6.45, 7) is 1.05. The first kappa shape index (κ1) is 14.1. The third-order valence-corrected chi connectivity index (χ3v) is 3.41. The molecule has 1 aromatic rings. The van der Waals surface area contributed by atoms with Crippen molar-refractivity contribution in [1.29, 1.82) is 0 Å². The van der Waals surface area contributed by atoms with Gasteiger partial charge in [0, 0.05) is 12.0 Å². The minimum atomic E-state index is -0.928. The number of carbonyl (C=O) groups excluding carboxylic acids is 2. The second-order valence-corrected chi connectivity index (χ2v) is 4.55. The van der Waals surface area contributed by atoms with Crippen molar-refractivity contribution in [2.45, 2.75) is 19.1 Å². The van der Waals surface area contributed by atoms with E-state index < -0.39 is 35.4 Å². The Kier molecular flexibility index (Phi) is 3.80. The van der Waals surface area contributed by atoms with E-state index in [1.54, 1.807) is 19.1 Å². The van der Waals surface area contributed by atoms with Gasteiger partial charge in [0.25, 0.3) is 11.8 Å². The largest absolute Gasteiger partial charge is 0.379 e. The number of benzene rings is 1. The van der Waals surface area contributed by atoms with Crippen molar-refractivity contribution in [3.8, 4) is 0 Å². The van der Waals surface area contributed by atoms with Gasteiger partial charge < -0.3 is 4.74 Å². The van der Waals surface area contributed by atoms with Crippen LogP contribution in [0.4, 0.5) is 0 Å². The van der Waals surface area contributed by atoms with E-state index in [-0.39, 0.29) is 11.1 Å². The van der Waals surface area contributed by atoms with Crippen LogP contribution in [0, 0.1) is 10.1 Å². The average Bonchev–Trinajstić information content (AvgIpc) is 2.68. The third-order valence-electron chi connectivity index (χ3n) is 3.41. The highest BCUT2D eigenvalue weighted by molar-refractivity contribution is 6.21. The van der Waals surface area contributed by atoms with Gasteiger partial charge in [0.2, 0.25) is 6.54 Å². The lowest BCUT2D eigenvalue weighted by Gasteiger charge is -2.27. The average molecular weight is 278 g/mol. The van der Waals surface area contributed by atoms with E-state index in [0.717, 1.165) is 4.90 Å². The molecule has 1 heterocycles. The van der Waals surface area contributed by atoms with Gasteiger partial charge >= 0.3 is 0 Å². The van der Waals surface area contributed by atoms with Gasteiger partial charge in [-0.15, -0.1) is 0 Å². The maximum atomic E-state index is 12.3. The quantitative estimate of drug-likeness (QED) is 0.454. The van der Waals surface area contributed by atoms with Crippen molar-refractivity contribution in [1.82, 2.24) is 4.90 Å². The van der Waals surface area contributed by atoms with Gasteiger partial charge in [-0.05, 0) is 19.1 Å². The first-order valence-corrected chi connectivity index (χ1v) is 6.09. The standard InChI is InChI=1S/C13H14N2O5/c1-8(20-2)11(7-14(18)19)15-12(16)9-5-3-4-6-10(9)13(15)17/h3-6,8,11H,7H2,1-2H3/t8-,11+/m0/s1. The molecule has 106 valence electrons. The van der Waals surface area contributed by atoms with Crippen LogP contribution in [-0.4, -0.2) is 47.4 Å². The zero-order valence-corrected chi connectivity index (χ0v) is 11.1. The molecule has 0 saturated carbocycles. The Balaban J connectivity index is 2.39. The first-order valence-electron chi connectivity index (χ1n) is 6.09. The van der Waals surface area contributed by atoms with Gasteiger partial charge in [-0.1, -0.05) is 12.1 Å². The molecule has 0 spiro atoms. The molecule has 2 rings (SSSR count). The van der Waals surface area contributed by atoms with E-state index in [9.17, 15) is 19.7 Å². The van der Waals surface area contributed by atoms with Crippen molar-refractivity contribution >= 4 is 11.8 Å². The van der Waals surface area contributed by atoms with E-state index in [1.807, 2.05) is 0 Å². The summed E-state index contributed by atoms with van der Waals surface area (Å²) in [7, 11) is 1.38. The molecular formula is C13H14N2O5. The van der Waals surface area contributed by atoms with Crippen LogP contribution in [0.5, 0.6) is 0 Å². The lowest BCUT2D eigenvalue weighted by Crippen LogP contribution is -2.50. The summed E-state index contributed by atoms with van der Waals surface area (Å²) in [5.74, 6) is -1.03. The molecule has 0 aliphatic carbocycles. The van der Waals surface area contributed by atoms with Crippen LogP contribution in [-0.2, 0) is 4.74 Å².